The largest absolute Gasteiger partial charge is 5.00 e. The average molecular weight is 625 g/mol. The van der Waals surface area contributed by atoms with E-state index in [0.29, 0.717) is 0 Å². The van der Waals surface area contributed by atoms with Crippen molar-refractivity contribution in [3.8, 4) is 0 Å². The van der Waals surface area contributed by atoms with Crippen LogP contribution in [0.2, 0.25) is 0 Å². The zero-order chi connectivity index (χ0) is 0. The summed E-state index contributed by atoms with van der Waals surface area (Å²) in [5, 5.41) is 0. The monoisotopic (exact) mass is 624 g/mol. The molecule has 0 aromatic rings. The summed E-state index contributed by atoms with van der Waals surface area (Å²) in [5.41, 5.74) is 0. The van der Waals surface area contributed by atoms with Gasteiger partial charge in [-0.3, -0.25) is 0 Å². The van der Waals surface area contributed by atoms with Crippen molar-refractivity contribution in [3.05, 3.63) is 0 Å². The van der Waals surface area contributed by atoms with E-state index in [1.54, 1.807) is 0 Å². The predicted octanol–water partition coefficient (Wildman–Crippen LogP) is -1.37. The zero-order valence-corrected chi connectivity index (χ0v) is 14.8. The molecule has 0 aliphatic heterocycles. The van der Waals surface area contributed by atoms with Gasteiger partial charge >= 0.3 is 44.8 Å². The van der Waals surface area contributed by atoms with E-state index in [1.807, 2.05) is 0 Å². The van der Waals surface area contributed by atoms with Crippen LogP contribution in [0.3, 0.4) is 0 Å². The minimum absolute atomic E-state index is 0. The molecule has 0 heterocycles. The Kier molecular flexibility index (Phi) is 6230. The van der Waals surface area contributed by atoms with E-state index in [4.69, 9.17) is 0 Å². The fraction of sp³-hybridized carbons (Fsp3) is 0. The third-order valence-electron chi connectivity index (χ3n) is 0. The topological polar surface area (TPSA) is 142 Å². The molecule has 0 aliphatic carbocycles. The van der Waals surface area contributed by atoms with Gasteiger partial charge in [-0.15, -0.1) is 0 Å². The third-order valence-corrected chi connectivity index (χ3v) is 0. The Balaban J connectivity index is 0. The van der Waals surface area contributed by atoms with Gasteiger partial charge in [0.25, 0.3) is 0 Å². The molecular formula is Cu2O5Si2Ta2. The summed E-state index contributed by atoms with van der Waals surface area (Å²) >= 11 is 0. The molecule has 0 spiro atoms. The quantitative estimate of drug-likeness (QED) is 0.294. The second kappa shape index (κ2) is 232. The fourth-order valence-corrected chi connectivity index (χ4v) is 0. The van der Waals surface area contributed by atoms with Crippen LogP contribution in [0.25, 0.3) is 0 Å². The van der Waals surface area contributed by atoms with Crippen molar-refractivity contribution in [2.45, 2.75) is 0 Å². The molecule has 70 valence electrons. The van der Waals surface area contributed by atoms with Crippen molar-refractivity contribution in [2.75, 3.05) is 0 Å². The molecule has 11 heavy (non-hydrogen) atoms. The first-order chi connectivity index (χ1) is 0. The van der Waals surface area contributed by atoms with Crippen LogP contribution in [0.5, 0.6) is 0 Å². The molecular weight excluding hydrogens is 625 g/mol. The Hall–Kier alpha value is 2.75. The molecule has 0 aromatic carbocycles. The molecule has 0 rings (SSSR count). The van der Waals surface area contributed by atoms with E-state index in [2.05, 4.69) is 0 Å². The van der Waals surface area contributed by atoms with Gasteiger partial charge in [-0.25, -0.2) is 0 Å². The third kappa shape index (κ3) is 195. The molecule has 0 bridgehead atoms. The van der Waals surface area contributed by atoms with Crippen molar-refractivity contribution in [1.29, 1.82) is 0 Å². The Morgan fingerprint density at radius 3 is 0.364 bits per heavy atom. The Morgan fingerprint density at radius 2 is 0.364 bits per heavy atom. The first-order valence-corrected chi connectivity index (χ1v) is 0. The van der Waals surface area contributed by atoms with E-state index < -0.39 is 0 Å². The van der Waals surface area contributed by atoms with E-state index >= 15 is 0 Å². The second-order valence-corrected chi connectivity index (χ2v) is 0. The van der Waals surface area contributed by atoms with Gasteiger partial charge in [-0.2, -0.15) is 0 Å². The van der Waals surface area contributed by atoms with E-state index in [9.17, 15) is 0 Å². The number of rotatable bonds is 0. The SMILES string of the molecule is [Cu].[Cu].[O-2].[O-2].[O-2].[O-2].[O-2].[Si].[Si].[Ta+5].[Ta+5]. The molecule has 0 aliphatic rings. The second-order valence-electron chi connectivity index (χ2n) is 0. The fourth-order valence-electron chi connectivity index (χ4n) is 0. The van der Waals surface area contributed by atoms with Crippen molar-refractivity contribution in [3.63, 3.8) is 0 Å². The van der Waals surface area contributed by atoms with Crippen LogP contribution in [0.4, 0.5) is 0 Å². The van der Waals surface area contributed by atoms with E-state index in [1.165, 1.54) is 0 Å². The summed E-state index contributed by atoms with van der Waals surface area (Å²) in [6.07, 6.45) is 0. The Morgan fingerprint density at radius 1 is 0.364 bits per heavy atom. The van der Waals surface area contributed by atoms with Gasteiger partial charge in [0.2, 0.25) is 0 Å². The van der Waals surface area contributed by atoms with Crippen LogP contribution in [0.15, 0.2) is 0 Å². The molecule has 5 nitrogen and oxygen atoms in total. The maximum atomic E-state index is 0. The van der Waals surface area contributed by atoms with Gasteiger partial charge in [0.15, 0.2) is 0 Å². The maximum Gasteiger partial charge on any atom is 5.00 e. The van der Waals surface area contributed by atoms with Crippen LogP contribution < -0.4 is 0 Å². The van der Waals surface area contributed by atoms with Gasteiger partial charge < -0.3 is 27.4 Å². The molecule has 0 atom stereocenters. The average Bonchev–Trinajstić information content (AvgIpc) is 0. The summed E-state index contributed by atoms with van der Waals surface area (Å²) in [7, 11) is 0. The molecule has 0 N–H and O–H groups in total. The Bertz CT molecular complexity index is 20.4. The summed E-state index contributed by atoms with van der Waals surface area (Å²) in [6, 6.07) is 0. The summed E-state index contributed by atoms with van der Waals surface area (Å²) in [4.78, 5) is 0. The van der Waals surface area contributed by atoms with Crippen LogP contribution >= 0.6 is 0 Å². The number of hydrogen-bond donors (Lipinski definition) is 0. The Labute approximate surface area is 127 Å². The van der Waals surface area contributed by atoms with E-state index in [-0.39, 0.29) is 128 Å². The summed E-state index contributed by atoms with van der Waals surface area (Å²) < 4.78 is 0. The molecule has 10 radical (unpaired) electrons. The maximum absolute atomic E-state index is 0. The minimum Gasteiger partial charge on any atom is -2.00 e. The van der Waals surface area contributed by atoms with Gasteiger partial charge in [0.1, 0.15) is 0 Å². The first-order valence-electron chi connectivity index (χ1n) is 0. The van der Waals surface area contributed by atoms with Gasteiger partial charge in [0, 0.05) is 56.1 Å². The van der Waals surface area contributed by atoms with Crippen molar-refractivity contribution in [2.24, 2.45) is 0 Å². The minimum atomic E-state index is 0. The van der Waals surface area contributed by atoms with E-state index in [0.717, 1.165) is 0 Å². The van der Waals surface area contributed by atoms with Crippen molar-refractivity contribution < 1.29 is 106 Å². The zero-order valence-electron chi connectivity index (χ0n) is 4.54. The van der Waals surface area contributed by atoms with Crippen LogP contribution in [0.1, 0.15) is 0 Å². The molecule has 0 amide bonds. The molecule has 0 aromatic heterocycles. The van der Waals surface area contributed by atoms with Crippen LogP contribution in [-0.2, 0) is 106 Å². The van der Waals surface area contributed by atoms with Crippen LogP contribution in [-0.4, -0.2) is 21.9 Å². The normalized spacial score (nSPS) is 0. The molecule has 0 saturated heterocycles. The molecule has 11 heteroatoms. The van der Waals surface area contributed by atoms with Crippen molar-refractivity contribution >= 4 is 21.9 Å². The predicted molar refractivity (Wildman–Crippen MR) is 14.9 cm³/mol. The van der Waals surface area contributed by atoms with Gasteiger partial charge in [0.05, 0.1) is 0 Å². The standard InChI is InChI=1S/2Cu.5O.2Si.2Ta/q;;5*-2;;;2*+5. The molecule has 0 saturated carbocycles. The molecule has 0 fully saturated rings. The molecule has 0 unspecified atom stereocenters. The smallest absolute Gasteiger partial charge is 2.00 e. The van der Waals surface area contributed by atoms with Crippen molar-refractivity contribution in [1.82, 2.24) is 0 Å². The van der Waals surface area contributed by atoms with Gasteiger partial charge in [-0.1, -0.05) is 0 Å². The van der Waals surface area contributed by atoms with Crippen LogP contribution in [0, 0.1) is 0 Å². The summed E-state index contributed by atoms with van der Waals surface area (Å²) in [5.74, 6) is 0. The number of hydrogen-bond acceptors (Lipinski definition) is 0. The summed E-state index contributed by atoms with van der Waals surface area (Å²) in [6.45, 7) is 0. The first kappa shape index (κ1) is 295. The van der Waals surface area contributed by atoms with Gasteiger partial charge in [-0.05, 0) is 0 Å².